The molecule has 1 amide bonds. The van der Waals surface area contributed by atoms with Gasteiger partial charge in [-0.05, 0) is 57.8 Å². The maximum atomic E-state index is 13.2. The van der Waals surface area contributed by atoms with E-state index < -0.39 is 18.2 Å². The largest absolute Gasteiger partial charge is 0.462 e. The van der Waals surface area contributed by atoms with E-state index in [2.05, 4.69) is 74.7 Å². The Hall–Kier alpha value is -2.18. The van der Waals surface area contributed by atoms with E-state index in [-0.39, 0.29) is 24.9 Å². The molecule has 0 fully saturated rings. The van der Waals surface area contributed by atoms with Crippen molar-refractivity contribution in [3.05, 3.63) is 48.6 Å². The van der Waals surface area contributed by atoms with Crippen molar-refractivity contribution in [1.82, 2.24) is 5.32 Å². The summed E-state index contributed by atoms with van der Waals surface area (Å²) in [5, 5.41) is 23.8. The second-order valence-corrected chi connectivity index (χ2v) is 18.6. The number of hydrogen-bond donors (Lipinski definition) is 3. The molecule has 6 heteroatoms. The highest BCUT2D eigenvalue weighted by molar-refractivity contribution is 5.77. The summed E-state index contributed by atoms with van der Waals surface area (Å²) in [5.74, 6) is -0.517. The Morgan fingerprint density at radius 1 is 0.476 bits per heavy atom. The number of rotatable bonds is 49. The Morgan fingerprint density at radius 2 is 0.857 bits per heavy atom. The number of nitrogens with one attached hydrogen (secondary N) is 1. The van der Waals surface area contributed by atoms with E-state index in [0.29, 0.717) is 19.3 Å². The fourth-order valence-corrected chi connectivity index (χ4v) is 8.31. The fourth-order valence-electron chi connectivity index (χ4n) is 8.31. The Bertz CT molecular complexity index is 1080. The summed E-state index contributed by atoms with van der Waals surface area (Å²) in [4.78, 5) is 26.2. The van der Waals surface area contributed by atoms with Crippen LogP contribution in [0.1, 0.15) is 278 Å². The van der Waals surface area contributed by atoms with Crippen molar-refractivity contribution in [3.8, 4) is 0 Å². The van der Waals surface area contributed by atoms with E-state index >= 15 is 0 Å². The van der Waals surface area contributed by atoms with Crippen LogP contribution in [-0.2, 0) is 14.3 Å². The molecule has 0 spiro atoms. The first kappa shape index (κ1) is 60.8. The Labute approximate surface area is 391 Å². The molecule has 3 N–H and O–H groups in total. The second-order valence-electron chi connectivity index (χ2n) is 18.6. The smallest absolute Gasteiger partial charge is 0.306 e. The maximum absolute atomic E-state index is 13.2. The summed E-state index contributed by atoms with van der Waals surface area (Å²) in [7, 11) is 0. The van der Waals surface area contributed by atoms with E-state index in [4.69, 9.17) is 4.74 Å². The standard InChI is InChI=1S/C57H105NO5/c1-4-7-10-13-16-19-22-25-27-28-29-32-35-38-41-44-47-50-57(62)63-53(48-45-42-39-36-33-31-26-23-20-17-14-11-8-5-2)51-56(61)58-54(52-59)55(60)49-46-43-40-37-34-30-24-21-18-15-12-9-6-3/h8,11,17,20,26,31,36,39,53-55,59-60H,4-7,9-10,12-16,18-19,21-25,27-30,32-35,37-38,40-52H2,1-3H3,(H,58,61)/b11-8+,20-17+,31-26+,39-36+. The van der Waals surface area contributed by atoms with Gasteiger partial charge in [0.2, 0.25) is 5.91 Å². The number of aliphatic hydroxyl groups excluding tert-OH is 2. The van der Waals surface area contributed by atoms with Crippen LogP contribution in [0.25, 0.3) is 0 Å². The summed E-state index contributed by atoms with van der Waals surface area (Å²) < 4.78 is 5.92. The number of esters is 1. The van der Waals surface area contributed by atoms with Gasteiger partial charge in [0.25, 0.3) is 0 Å². The summed E-state index contributed by atoms with van der Waals surface area (Å²) in [6.07, 6.45) is 61.8. The molecule has 0 bridgehead atoms. The highest BCUT2D eigenvalue weighted by Gasteiger charge is 2.24. The van der Waals surface area contributed by atoms with Gasteiger partial charge in [0.05, 0.1) is 25.2 Å². The maximum Gasteiger partial charge on any atom is 0.306 e. The molecule has 368 valence electrons. The molecule has 0 aromatic rings. The molecular weight excluding hydrogens is 779 g/mol. The van der Waals surface area contributed by atoms with Gasteiger partial charge < -0.3 is 20.3 Å². The van der Waals surface area contributed by atoms with Crippen LogP contribution >= 0.6 is 0 Å². The van der Waals surface area contributed by atoms with Gasteiger partial charge in [-0.1, -0.05) is 256 Å². The van der Waals surface area contributed by atoms with E-state index in [1.807, 2.05) is 0 Å². The van der Waals surface area contributed by atoms with Crippen molar-refractivity contribution in [1.29, 1.82) is 0 Å². The first-order chi connectivity index (χ1) is 31.0. The third kappa shape index (κ3) is 46.2. The highest BCUT2D eigenvalue weighted by atomic mass is 16.5. The molecule has 6 nitrogen and oxygen atoms in total. The molecule has 0 rings (SSSR count). The lowest BCUT2D eigenvalue weighted by Gasteiger charge is -2.24. The lowest BCUT2D eigenvalue weighted by atomic mass is 10.0. The third-order valence-corrected chi connectivity index (χ3v) is 12.4. The number of allylic oxidation sites excluding steroid dienone is 8. The van der Waals surface area contributed by atoms with Crippen molar-refractivity contribution in [3.63, 3.8) is 0 Å². The summed E-state index contributed by atoms with van der Waals surface area (Å²) >= 11 is 0. The van der Waals surface area contributed by atoms with Crippen molar-refractivity contribution < 1.29 is 24.5 Å². The molecule has 3 atom stereocenters. The zero-order valence-electron chi connectivity index (χ0n) is 42.0. The molecule has 3 unspecified atom stereocenters. The third-order valence-electron chi connectivity index (χ3n) is 12.4. The Balaban J connectivity index is 4.60. The van der Waals surface area contributed by atoms with Gasteiger partial charge in [0.15, 0.2) is 0 Å². The normalized spacial score (nSPS) is 13.5. The summed E-state index contributed by atoms with van der Waals surface area (Å²) in [6, 6.07) is -0.717. The van der Waals surface area contributed by atoms with E-state index in [1.165, 1.54) is 154 Å². The molecule has 0 saturated carbocycles. The minimum absolute atomic E-state index is 0.0426. The number of aliphatic hydroxyl groups is 2. The molecule has 0 aromatic carbocycles. The lowest BCUT2D eigenvalue weighted by molar-refractivity contribution is -0.151. The molecule has 0 radical (unpaired) electrons. The van der Waals surface area contributed by atoms with Gasteiger partial charge >= 0.3 is 5.97 Å². The minimum atomic E-state index is -0.800. The highest BCUT2D eigenvalue weighted by Crippen LogP contribution is 2.18. The Morgan fingerprint density at radius 3 is 1.27 bits per heavy atom. The van der Waals surface area contributed by atoms with Crippen LogP contribution in [0.4, 0.5) is 0 Å². The number of hydrogen-bond acceptors (Lipinski definition) is 5. The zero-order valence-corrected chi connectivity index (χ0v) is 42.0. The Kier molecular flexibility index (Phi) is 49.1. The molecule has 0 heterocycles. The van der Waals surface area contributed by atoms with Gasteiger partial charge in [-0.3, -0.25) is 9.59 Å². The summed E-state index contributed by atoms with van der Waals surface area (Å²) in [6.45, 7) is 6.37. The SMILES string of the molecule is CC/C=C/C/C=C/C/C=C/C/C=C/CCCC(CC(=O)NC(CO)C(O)CCCCCCCCCCCCCCC)OC(=O)CCCCCCCCCCCCCCCCCCC. The topological polar surface area (TPSA) is 95.9 Å². The number of amides is 1. The van der Waals surface area contributed by atoms with Crippen LogP contribution in [-0.4, -0.2) is 46.9 Å². The zero-order chi connectivity index (χ0) is 45.9. The number of carbonyl (C=O) groups is 2. The quantitative estimate of drug-likeness (QED) is 0.0321. The lowest BCUT2D eigenvalue weighted by Crippen LogP contribution is -2.46. The number of ether oxygens (including phenoxy) is 1. The van der Waals surface area contributed by atoms with Crippen LogP contribution < -0.4 is 5.32 Å². The van der Waals surface area contributed by atoms with Crippen molar-refractivity contribution in [2.24, 2.45) is 0 Å². The predicted molar refractivity (Wildman–Crippen MR) is 273 cm³/mol. The van der Waals surface area contributed by atoms with Crippen LogP contribution in [0.3, 0.4) is 0 Å². The molecule has 0 aliphatic rings. The first-order valence-corrected chi connectivity index (χ1v) is 27.4. The van der Waals surface area contributed by atoms with Gasteiger partial charge in [-0.2, -0.15) is 0 Å². The molecule has 0 aliphatic carbocycles. The van der Waals surface area contributed by atoms with Crippen LogP contribution in [0, 0.1) is 0 Å². The van der Waals surface area contributed by atoms with Crippen LogP contribution in [0.2, 0.25) is 0 Å². The average Bonchev–Trinajstić information content (AvgIpc) is 3.28. The number of unbranched alkanes of at least 4 members (excludes halogenated alkanes) is 29. The fraction of sp³-hybridized carbons (Fsp3) is 0.825. The molecule has 0 aromatic heterocycles. The second kappa shape index (κ2) is 50.8. The van der Waals surface area contributed by atoms with E-state index in [9.17, 15) is 19.8 Å². The van der Waals surface area contributed by atoms with Gasteiger partial charge in [-0.15, -0.1) is 0 Å². The minimum Gasteiger partial charge on any atom is -0.462 e. The van der Waals surface area contributed by atoms with E-state index in [1.54, 1.807) is 0 Å². The van der Waals surface area contributed by atoms with Crippen molar-refractivity contribution >= 4 is 11.9 Å². The molecule has 63 heavy (non-hydrogen) atoms. The van der Waals surface area contributed by atoms with Crippen molar-refractivity contribution in [2.75, 3.05) is 6.61 Å². The van der Waals surface area contributed by atoms with Gasteiger partial charge in [0, 0.05) is 6.42 Å². The predicted octanol–water partition coefficient (Wildman–Crippen LogP) is 16.6. The average molecular weight is 884 g/mol. The van der Waals surface area contributed by atoms with E-state index in [0.717, 1.165) is 77.0 Å². The molecule has 0 saturated heterocycles. The van der Waals surface area contributed by atoms with Crippen LogP contribution in [0.15, 0.2) is 48.6 Å². The number of carbonyl (C=O) groups excluding carboxylic acids is 2. The monoisotopic (exact) mass is 884 g/mol. The van der Waals surface area contributed by atoms with Crippen LogP contribution in [0.5, 0.6) is 0 Å². The molecule has 0 aliphatic heterocycles. The first-order valence-electron chi connectivity index (χ1n) is 27.4. The summed E-state index contributed by atoms with van der Waals surface area (Å²) in [5.41, 5.74) is 0. The molecular formula is C57H105NO5. The van der Waals surface area contributed by atoms with Gasteiger partial charge in [-0.25, -0.2) is 0 Å². The van der Waals surface area contributed by atoms with Crippen molar-refractivity contribution in [2.45, 2.75) is 296 Å². The van der Waals surface area contributed by atoms with Gasteiger partial charge in [0.1, 0.15) is 6.10 Å².